The molecule has 1 atom stereocenters. The average Bonchev–Trinajstić information content (AvgIpc) is 3.10. The van der Waals surface area contributed by atoms with Gasteiger partial charge in [0.1, 0.15) is 5.15 Å². The van der Waals surface area contributed by atoms with Crippen molar-refractivity contribution in [3.8, 4) is 0 Å². The molecule has 2 fully saturated rings. The van der Waals surface area contributed by atoms with Crippen molar-refractivity contribution in [1.29, 1.82) is 0 Å². The fourth-order valence-electron chi connectivity index (χ4n) is 2.74. The number of nitrogens with zero attached hydrogens (tertiary/aromatic N) is 1. The van der Waals surface area contributed by atoms with Gasteiger partial charge in [-0.3, -0.25) is 0 Å². The second kappa shape index (κ2) is 5.37. The molecule has 0 bridgehead atoms. The van der Waals surface area contributed by atoms with Crippen molar-refractivity contribution in [2.24, 2.45) is 0 Å². The molecular formula is C14H18ClNO3. The molecule has 0 saturated carbocycles. The van der Waals surface area contributed by atoms with E-state index in [2.05, 4.69) is 18.0 Å². The topological polar surface area (TPSA) is 40.6 Å². The number of aromatic nitrogens is 1. The largest absolute Gasteiger partial charge is 0.380 e. The average molecular weight is 284 g/mol. The van der Waals surface area contributed by atoms with Crippen molar-refractivity contribution < 1.29 is 14.2 Å². The predicted molar refractivity (Wildman–Crippen MR) is 71.3 cm³/mol. The molecule has 0 aliphatic carbocycles. The number of ether oxygens (including phenoxy) is 3. The van der Waals surface area contributed by atoms with Gasteiger partial charge in [0.15, 0.2) is 6.29 Å². The van der Waals surface area contributed by atoms with Crippen molar-refractivity contribution in [1.82, 2.24) is 4.98 Å². The van der Waals surface area contributed by atoms with Gasteiger partial charge in [-0.2, -0.15) is 0 Å². The van der Waals surface area contributed by atoms with Crippen LogP contribution in [0.4, 0.5) is 0 Å². The Balaban J connectivity index is 1.96. The van der Waals surface area contributed by atoms with Crippen LogP contribution in [0.1, 0.15) is 37.3 Å². The highest BCUT2D eigenvalue weighted by molar-refractivity contribution is 6.29. The zero-order valence-corrected chi connectivity index (χ0v) is 11.8. The van der Waals surface area contributed by atoms with Gasteiger partial charge in [-0.25, -0.2) is 4.98 Å². The first-order valence-electron chi connectivity index (χ1n) is 6.72. The lowest BCUT2D eigenvalue weighted by molar-refractivity contribution is -0.0442. The Labute approximate surface area is 118 Å². The Morgan fingerprint density at radius 1 is 1.32 bits per heavy atom. The summed E-state index contributed by atoms with van der Waals surface area (Å²) in [4.78, 5) is 4.50. The zero-order valence-electron chi connectivity index (χ0n) is 11.0. The van der Waals surface area contributed by atoms with E-state index < -0.39 is 0 Å². The van der Waals surface area contributed by atoms with Gasteiger partial charge >= 0.3 is 0 Å². The van der Waals surface area contributed by atoms with Crippen molar-refractivity contribution >= 4 is 11.6 Å². The predicted octanol–water partition coefficient (Wildman–Crippen LogP) is 2.85. The van der Waals surface area contributed by atoms with Crippen molar-refractivity contribution in [3.05, 3.63) is 28.5 Å². The number of rotatable bonds is 3. The molecule has 3 rings (SSSR count). The summed E-state index contributed by atoms with van der Waals surface area (Å²) in [5.74, 6) is 0. The first-order chi connectivity index (χ1) is 9.23. The van der Waals surface area contributed by atoms with Crippen LogP contribution in [0.15, 0.2) is 12.1 Å². The summed E-state index contributed by atoms with van der Waals surface area (Å²) in [6.45, 7) is 4.92. The lowest BCUT2D eigenvalue weighted by Gasteiger charge is -2.26. The molecule has 0 N–H and O–H groups in total. The Hall–Kier alpha value is -0.680. The van der Waals surface area contributed by atoms with Crippen LogP contribution in [0, 0.1) is 0 Å². The third-order valence-corrected chi connectivity index (χ3v) is 4.23. The third kappa shape index (κ3) is 2.50. The number of hydrogen-bond donors (Lipinski definition) is 0. The lowest BCUT2D eigenvalue weighted by Crippen LogP contribution is -2.27. The van der Waals surface area contributed by atoms with Gasteiger partial charge < -0.3 is 14.2 Å². The van der Waals surface area contributed by atoms with Crippen molar-refractivity contribution in [2.45, 2.75) is 31.5 Å². The van der Waals surface area contributed by atoms with E-state index in [4.69, 9.17) is 25.8 Å². The number of hydrogen-bond acceptors (Lipinski definition) is 4. The number of halogens is 1. The molecule has 2 aliphatic rings. The van der Waals surface area contributed by atoms with E-state index in [0.717, 1.165) is 30.7 Å². The van der Waals surface area contributed by atoms with E-state index in [1.54, 1.807) is 0 Å². The smallest absolute Gasteiger partial charge is 0.184 e. The molecular weight excluding hydrogens is 266 g/mol. The minimum atomic E-state index is -0.310. The molecule has 2 saturated heterocycles. The Morgan fingerprint density at radius 3 is 2.74 bits per heavy atom. The van der Waals surface area contributed by atoms with Gasteiger partial charge in [0.25, 0.3) is 0 Å². The van der Waals surface area contributed by atoms with Gasteiger partial charge in [-0.1, -0.05) is 18.5 Å². The van der Waals surface area contributed by atoms with Crippen LogP contribution in [0.25, 0.3) is 0 Å². The fraction of sp³-hybridized carbons (Fsp3) is 0.643. The molecule has 0 spiro atoms. The molecule has 4 nitrogen and oxygen atoms in total. The summed E-state index contributed by atoms with van der Waals surface area (Å²) in [6.07, 6.45) is 1.67. The van der Waals surface area contributed by atoms with Crippen LogP contribution >= 0.6 is 11.6 Å². The fourth-order valence-corrected chi connectivity index (χ4v) is 2.96. The van der Waals surface area contributed by atoms with E-state index in [9.17, 15) is 0 Å². The summed E-state index contributed by atoms with van der Waals surface area (Å²) in [5.41, 5.74) is 1.93. The first-order valence-corrected chi connectivity index (χ1v) is 7.10. The Morgan fingerprint density at radius 2 is 2.11 bits per heavy atom. The maximum Gasteiger partial charge on any atom is 0.184 e. The first kappa shape index (κ1) is 13.3. The molecule has 1 unspecified atom stereocenters. The normalized spacial score (nSPS) is 28.1. The summed E-state index contributed by atoms with van der Waals surface area (Å²) in [5, 5.41) is 0.492. The van der Waals surface area contributed by atoms with Gasteiger partial charge in [-0.05, 0) is 25.0 Å². The highest BCUT2D eigenvalue weighted by Crippen LogP contribution is 2.37. The molecule has 2 aliphatic heterocycles. The highest BCUT2D eigenvalue weighted by atomic mass is 35.5. The van der Waals surface area contributed by atoms with Gasteiger partial charge in [-0.15, -0.1) is 0 Å². The molecule has 0 radical (unpaired) electrons. The van der Waals surface area contributed by atoms with Crippen molar-refractivity contribution in [2.75, 3.05) is 26.4 Å². The highest BCUT2D eigenvalue weighted by Gasteiger charge is 2.37. The summed E-state index contributed by atoms with van der Waals surface area (Å²) < 4.78 is 16.6. The van der Waals surface area contributed by atoms with Crippen LogP contribution < -0.4 is 0 Å². The summed E-state index contributed by atoms with van der Waals surface area (Å²) >= 11 is 6.16. The van der Waals surface area contributed by atoms with Crippen LogP contribution in [-0.4, -0.2) is 31.4 Å². The molecule has 3 heterocycles. The maximum absolute atomic E-state index is 6.16. The van der Waals surface area contributed by atoms with E-state index in [1.807, 2.05) is 6.07 Å². The van der Waals surface area contributed by atoms with E-state index in [0.29, 0.717) is 25.0 Å². The Kier molecular flexibility index (Phi) is 3.76. The minimum Gasteiger partial charge on any atom is -0.380 e. The van der Waals surface area contributed by atoms with Crippen LogP contribution in [0.3, 0.4) is 0 Å². The molecule has 1 aromatic rings. The second-order valence-electron chi connectivity index (χ2n) is 5.12. The molecule has 0 amide bonds. The molecule has 19 heavy (non-hydrogen) atoms. The Bertz CT molecular complexity index is 454. The monoisotopic (exact) mass is 283 g/mol. The third-order valence-electron chi connectivity index (χ3n) is 4.03. The summed E-state index contributed by atoms with van der Waals surface area (Å²) in [7, 11) is 0. The molecule has 0 aromatic carbocycles. The quantitative estimate of drug-likeness (QED) is 0.800. The van der Waals surface area contributed by atoms with E-state index >= 15 is 0 Å². The standard InChI is InChI=1S/C14H18ClNO3/c1-2-14(3-4-17-9-14)11-7-10(8-12(15)16-11)13-18-5-6-19-13/h7-8,13H,2-6,9H2,1H3. The van der Waals surface area contributed by atoms with Gasteiger partial charge in [0.05, 0.1) is 25.5 Å². The second-order valence-corrected chi connectivity index (χ2v) is 5.51. The van der Waals surface area contributed by atoms with Gasteiger partial charge in [0, 0.05) is 17.6 Å². The maximum atomic E-state index is 6.16. The van der Waals surface area contributed by atoms with E-state index in [-0.39, 0.29) is 11.7 Å². The number of pyridine rings is 1. The molecule has 1 aromatic heterocycles. The lowest BCUT2D eigenvalue weighted by atomic mass is 9.80. The SMILES string of the molecule is CCC1(c2cc(C3OCCO3)cc(Cl)n2)CCOC1. The van der Waals surface area contributed by atoms with Crippen molar-refractivity contribution in [3.63, 3.8) is 0 Å². The van der Waals surface area contributed by atoms with Crippen LogP contribution in [0.2, 0.25) is 5.15 Å². The molecule has 5 heteroatoms. The molecule has 104 valence electrons. The van der Waals surface area contributed by atoms with Crippen LogP contribution in [-0.2, 0) is 19.6 Å². The minimum absolute atomic E-state index is 0.0156. The zero-order chi connectivity index (χ0) is 13.3. The van der Waals surface area contributed by atoms with Gasteiger partial charge in [0.2, 0.25) is 0 Å². The summed E-state index contributed by atoms with van der Waals surface area (Å²) in [6, 6.07) is 3.88. The van der Waals surface area contributed by atoms with E-state index in [1.165, 1.54) is 0 Å². The van der Waals surface area contributed by atoms with Crippen LogP contribution in [0.5, 0.6) is 0 Å².